The second-order valence-corrected chi connectivity index (χ2v) is 11.0. The van der Waals surface area contributed by atoms with Crippen LogP contribution in [0.2, 0.25) is 10.0 Å². The highest BCUT2D eigenvalue weighted by Crippen LogP contribution is 2.30. The molecule has 146 valence electrons. The molecule has 0 aromatic heterocycles. The highest BCUT2D eigenvalue weighted by molar-refractivity contribution is 9.10. The normalized spacial score (nSPS) is 12.0. The number of hydrogen-bond acceptors (Lipinski definition) is 4. The average Bonchev–Trinajstić information content (AvgIpc) is 2.64. The van der Waals surface area contributed by atoms with E-state index in [0.717, 1.165) is 10.5 Å². The van der Waals surface area contributed by atoms with E-state index in [1.807, 2.05) is 0 Å². The highest BCUT2D eigenvalue weighted by atomic mass is 79.9. The van der Waals surface area contributed by atoms with Gasteiger partial charge in [-0.1, -0.05) is 39.1 Å². The van der Waals surface area contributed by atoms with E-state index in [1.54, 1.807) is 24.3 Å². The van der Waals surface area contributed by atoms with Gasteiger partial charge in [0, 0.05) is 15.2 Å². The van der Waals surface area contributed by atoms with E-state index in [4.69, 9.17) is 23.2 Å². The van der Waals surface area contributed by atoms with Crippen LogP contribution < -0.4 is 4.72 Å². The molecule has 0 saturated carbocycles. The molecule has 28 heavy (non-hydrogen) atoms. The Morgan fingerprint density at radius 2 is 1.32 bits per heavy atom. The summed E-state index contributed by atoms with van der Waals surface area (Å²) < 4.78 is 54.3. The Morgan fingerprint density at radius 1 is 0.750 bits per heavy atom. The van der Waals surface area contributed by atoms with Gasteiger partial charge in [-0.25, -0.2) is 16.8 Å². The summed E-state index contributed by atoms with van der Waals surface area (Å²) in [6.07, 6.45) is 0. The first kappa shape index (κ1) is 21.1. The molecule has 10 heteroatoms. The van der Waals surface area contributed by atoms with Crippen molar-refractivity contribution < 1.29 is 16.8 Å². The maximum Gasteiger partial charge on any atom is 0.263 e. The summed E-state index contributed by atoms with van der Waals surface area (Å²) in [6, 6.07) is 15.6. The smallest absolute Gasteiger partial charge is 0.263 e. The van der Waals surface area contributed by atoms with Crippen molar-refractivity contribution in [3.05, 3.63) is 81.2 Å². The molecule has 5 nitrogen and oxygen atoms in total. The molecule has 0 aliphatic heterocycles. The van der Waals surface area contributed by atoms with Crippen LogP contribution in [0.25, 0.3) is 0 Å². The molecule has 3 aromatic carbocycles. The van der Waals surface area contributed by atoms with Gasteiger partial charge in [0.2, 0.25) is 9.84 Å². The minimum atomic E-state index is -4.11. The van der Waals surface area contributed by atoms with Gasteiger partial charge in [-0.15, -0.1) is 0 Å². The number of halogens is 3. The topological polar surface area (TPSA) is 80.3 Å². The summed E-state index contributed by atoms with van der Waals surface area (Å²) in [5.74, 6) is 0. The number of nitrogens with one attached hydrogen (secondary N) is 1. The molecule has 0 aliphatic carbocycles. The van der Waals surface area contributed by atoms with Crippen molar-refractivity contribution in [3.63, 3.8) is 0 Å². The molecular weight excluding hydrogens is 509 g/mol. The largest absolute Gasteiger partial charge is 0.280 e. The second kappa shape index (κ2) is 8.04. The van der Waals surface area contributed by atoms with Gasteiger partial charge in [-0.2, -0.15) is 0 Å². The molecule has 3 rings (SSSR count). The minimum Gasteiger partial charge on any atom is -0.280 e. The first-order valence-electron chi connectivity index (χ1n) is 7.68. The Hall–Kier alpha value is -1.58. The van der Waals surface area contributed by atoms with E-state index in [2.05, 4.69) is 20.7 Å². The van der Waals surface area contributed by atoms with Gasteiger partial charge in [0.15, 0.2) is 0 Å². The van der Waals surface area contributed by atoms with Gasteiger partial charge < -0.3 is 0 Å². The predicted octanol–water partition coefficient (Wildman–Crippen LogP) is 5.39. The van der Waals surface area contributed by atoms with E-state index in [-0.39, 0.29) is 19.7 Å². The standard InChI is InChI=1S/C18H12BrCl2NO4S2/c19-12-1-5-14(6-2-12)22-28(25,26)18-11-16(9-10-17(18)21)27(23,24)15-7-3-13(20)4-8-15/h1-11,22H. The third kappa shape index (κ3) is 4.52. The molecule has 0 atom stereocenters. The number of benzene rings is 3. The van der Waals surface area contributed by atoms with Crippen LogP contribution in [0.4, 0.5) is 5.69 Å². The Morgan fingerprint density at radius 3 is 1.93 bits per heavy atom. The Kier molecular flexibility index (Phi) is 6.07. The molecule has 0 amide bonds. The van der Waals surface area contributed by atoms with Crippen LogP contribution in [-0.2, 0) is 19.9 Å². The lowest BCUT2D eigenvalue weighted by molar-refractivity contribution is 0.595. The molecule has 0 spiro atoms. The fourth-order valence-electron chi connectivity index (χ4n) is 2.33. The van der Waals surface area contributed by atoms with Gasteiger partial charge in [-0.05, 0) is 66.7 Å². The van der Waals surface area contributed by atoms with Crippen LogP contribution in [0.3, 0.4) is 0 Å². The Labute approximate surface area is 181 Å². The van der Waals surface area contributed by atoms with Gasteiger partial charge in [0.05, 0.1) is 14.8 Å². The fourth-order valence-corrected chi connectivity index (χ4v) is 5.67. The van der Waals surface area contributed by atoms with Crippen molar-refractivity contribution in [1.29, 1.82) is 0 Å². The van der Waals surface area contributed by atoms with E-state index >= 15 is 0 Å². The summed E-state index contributed by atoms with van der Waals surface area (Å²) in [5, 5.41) is 0.289. The lowest BCUT2D eigenvalue weighted by Crippen LogP contribution is -2.14. The minimum absolute atomic E-state index is 0.0107. The monoisotopic (exact) mass is 519 g/mol. The summed E-state index contributed by atoms with van der Waals surface area (Å²) in [7, 11) is -8.06. The van der Waals surface area contributed by atoms with E-state index in [0.29, 0.717) is 10.7 Å². The lowest BCUT2D eigenvalue weighted by atomic mass is 10.3. The van der Waals surface area contributed by atoms with E-state index in [9.17, 15) is 16.8 Å². The Balaban J connectivity index is 2.03. The molecule has 0 saturated heterocycles. The van der Waals surface area contributed by atoms with Crippen LogP contribution in [0, 0.1) is 0 Å². The summed E-state index contributed by atoms with van der Waals surface area (Å²) in [4.78, 5) is -0.550. The van der Waals surface area contributed by atoms with Crippen LogP contribution in [0.1, 0.15) is 0 Å². The SMILES string of the molecule is O=S(=O)(Nc1ccc(Br)cc1)c1cc(S(=O)(=O)c2ccc(Cl)cc2)ccc1Cl. The van der Waals surface area contributed by atoms with Crippen molar-refractivity contribution in [2.75, 3.05) is 4.72 Å². The van der Waals surface area contributed by atoms with Gasteiger partial charge in [0.25, 0.3) is 10.0 Å². The van der Waals surface area contributed by atoms with Crippen LogP contribution in [-0.4, -0.2) is 16.8 Å². The zero-order valence-corrected chi connectivity index (χ0v) is 18.7. The molecule has 3 aromatic rings. The van der Waals surface area contributed by atoms with Crippen molar-refractivity contribution in [2.24, 2.45) is 0 Å². The Bertz CT molecular complexity index is 1230. The molecule has 0 bridgehead atoms. The highest BCUT2D eigenvalue weighted by Gasteiger charge is 2.24. The van der Waals surface area contributed by atoms with Gasteiger partial charge >= 0.3 is 0 Å². The molecule has 0 fully saturated rings. The molecule has 0 unspecified atom stereocenters. The van der Waals surface area contributed by atoms with Crippen molar-refractivity contribution in [2.45, 2.75) is 14.7 Å². The van der Waals surface area contributed by atoms with Crippen LogP contribution in [0.5, 0.6) is 0 Å². The zero-order valence-electron chi connectivity index (χ0n) is 13.9. The quantitative estimate of drug-likeness (QED) is 0.489. The number of anilines is 1. The molecule has 1 N–H and O–H groups in total. The van der Waals surface area contributed by atoms with E-state index < -0.39 is 19.9 Å². The van der Waals surface area contributed by atoms with Crippen molar-refractivity contribution in [1.82, 2.24) is 0 Å². The first-order valence-corrected chi connectivity index (χ1v) is 12.2. The fraction of sp³-hybridized carbons (Fsp3) is 0. The molecule has 0 heterocycles. The zero-order chi connectivity index (χ0) is 20.5. The number of sulfone groups is 1. The second-order valence-electron chi connectivity index (χ2n) is 5.66. The number of hydrogen-bond donors (Lipinski definition) is 1. The summed E-state index contributed by atoms with van der Waals surface area (Å²) >= 11 is 15.1. The first-order chi connectivity index (χ1) is 13.1. The molecule has 0 radical (unpaired) electrons. The maximum atomic E-state index is 12.8. The third-order valence-corrected chi connectivity index (χ3v) is 8.13. The molecule has 0 aliphatic rings. The number of rotatable bonds is 5. The van der Waals surface area contributed by atoms with E-state index in [1.165, 1.54) is 36.4 Å². The van der Waals surface area contributed by atoms with Gasteiger partial charge in [0.1, 0.15) is 4.90 Å². The summed E-state index contributed by atoms with van der Waals surface area (Å²) in [6.45, 7) is 0. The average molecular weight is 521 g/mol. The predicted molar refractivity (Wildman–Crippen MR) is 113 cm³/mol. The van der Waals surface area contributed by atoms with Crippen LogP contribution in [0.15, 0.2) is 85.9 Å². The molecular formula is C18H12BrCl2NO4S2. The van der Waals surface area contributed by atoms with Crippen molar-refractivity contribution >= 4 is 64.7 Å². The van der Waals surface area contributed by atoms with Crippen molar-refractivity contribution in [3.8, 4) is 0 Å². The lowest BCUT2D eigenvalue weighted by Gasteiger charge is -2.12. The van der Waals surface area contributed by atoms with Crippen LogP contribution >= 0.6 is 39.1 Å². The maximum absolute atomic E-state index is 12.8. The summed E-state index contributed by atoms with van der Waals surface area (Å²) in [5.41, 5.74) is 0.310. The number of sulfonamides is 1. The third-order valence-electron chi connectivity index (χ3n) is 3.72. The van der Waals surface area contributed by atoms with Gasteiger partial charge in [-0.3, -0.25) is 4.72 Å².